The minimum atomic E-state index is -1.72. The number of nitrogens with one attached hydrogen (secondary N) is 2. The van der Waals surface area contributed by atoms with Crippen molar-refractivity contribution in [1.29, 1.82) is 0 Å². The van der Waals surface area contributed by atoms with E-state index in [0.29, 0.717) is 12.0 Å². The largest absolute Gasteiger partial charge is 0.475 e. The van der Waals surface area contributed by atoms with Crippen molar-refractivity contribution in [3.63, 3.8) is 0 Å². The normalized spacial score (nSPS) is 24.0. The molecule has 5 atom stereocenters. The predicted octanol–water partition coefficient (Wildman–Crippen LogP) is 1.67. The van der Waals surface area contributed by atoms with Gasteiger partial charge in [0, 0.05) is 4.92 Å². The predicted molar refractivity (Wildman–Crippen MR) is 118 cm³/mol. The van der Waals surface area contributed by atoms with Gasteiger partial charge in [-0.15, -0.1) is 0 Å². The summed E-state index contributed by atoms with van der Waals surface area (Å²) in [5.41, 5.74) is 1.40. The molecule has 164 valence electrons. The number of nitro groups is 1. The second-order valence-corrected chi connectivity index (χ2v) is 8.40. The van der Waals surface area contributed by atoms with Gasteiger partial charge in [-0.25, -0.2) is 0 Å². The quantitative estimate of drug-likeness (QED) is 0.290. The van der Waals surface area contributed by atoms with Crippen LogP contribution in [0.25, 0.3) is 0 Å². The van der Waals surface area contributed by atoms with Crippen molar-refractivity contribution in [3.05, 3.63) is 81.9 Å². The Morgan fingerprint density at radius 1 is 1.10 bits per heavy atom. The molecule has 1 aliphatic rings. The van der Waals surface area contributed by atoms with Gasteiger partial charge in [-0.3, -0.25) is 20.2 Å². The summed E-state index contributed by atoms with van der Waals surface area (Å²) >= 11 is 0. The molecule has 8 nitrogen and oxygen atoms in total. The third kappa shape index (κ3) is 5.30. The zero-order valence-corrected chi connectivity index (χ0v) is 17.6. The van der Waals surface area contributed by atoms with Crippen molar-refractivity contribution in [3.8, 4) is 0 Å². The maximum atomic E-state index is 13.3. The van der Waals surface area contributed by atoms with E-state index < -0.39 is 43.0 Å². The number of carbonyl (C=O) groups is 1. The average Bonchev–Trinajstić information content (AvgIpc) is 3.15. The molecule has 1 saturated heterocycles. The lowest BCUT2D eigenvalue weighted by atomic mass is 9.74. The molecule has 1 heterocycles. The van der Waals surface area contributed by atoms with Crippen molar-refractivity contribution < 1.29 is 19.8 Å². The van der Waals surface area contributed by atoms with Gasteiger partial charge < -0.3 is 15.4 Å². The summed E-state index contributed by atoms with van der Waals surface area (Å²) in [7, 11) is -1.72. The Morgan fingerprint density at radius 2 is 1.65 bits per heavy atom. The fourth-order valence-corrected chi connectivity index (χ4v) is 4.35. The number of amides is 1. The molecular formula is C22H28BN3O5. The van der Waals surface area contributed by atoms with Crippen LogP contribution in [0.15, 0.2) is 60.7 Å². The summed E-state index contributed by atoms with van der Waals surface area (Å²) in [6.07, 6.45) is 0.368. The highest BCUT2D eigenvalue weighted by Crippen LogP contribution is 2.40. The molecule has 2 aromatic carbocycles. The number of rotatable bonds is 8. The number of carbonyl (C=O) groups excluding carboxylic acids is 1. The summed E-state index contributed by atoms with van der Waals surface area (Å²) in [6.45, 7) is 3.83. The lowest BCUT2D eigenvalue weighted by molar-refractivity contribution is -0.527. The van der Waals surface area contributed by atoms with Crippen LogP contribution in [0.3, 0.4) is 0 Å². The zero-order valence-electron chi connectivity index (χ0n) is 17.6. The van der Waals surface area contributed by atoms with Gasteiger partial charge in [0.15, 0.2) is 0 Å². The highest BCUT2D eigenvalue weighted by Gasteiger charge is 2.54. The molecule has 5 unspecified atom stereocenters. The van der Waals surface area contributed by atoms with Crippen LogP contribution in [0, 0.1) is 16.0 Å². The second kappa shape index (κ2) is 10.0. The van der Waals surface area contributed by atoms with E-state index in [1.165, 1.54) is 0 Å². The molecule has 0 spiro atoms. The zero-order chi connectivity index (χ0) is 22.5. The van der Waals surface area contributed by atoms with Crippen LogP contribution in [-0.2, 0) is 4.79 Å². The van der Waals surface area contributed by atoms with Crippen molar-refractivity contribution in [2.24, 2.45) is 5.92 Å². The molecule has 0 bridgehead atoms. The molecule has 0 saturated carbocycles. The summed E-state index contributed by atoms with van der Waals surface area (Å²) < 4.78 is 0. The lowest BCUT2D eigenvalue weighted by Gasteiger charge is -2.24. The Balaban J connectivity index is 1.98. The number of benzene rings is 2. The maximum absolute atomic E-state index is 13.3. The molecule has 1 fully saturated rings. The summed E-state index contributed by atoms with van der Waals surface area (Å²) in [6, 6.07) is 15.4. The molecule has 3 rings (SSSR count). The van der Waals surface area contributed by atoms with Gasteiger partial charge >= 0.3 is 7.12 Å². The fraction of sp³-hybridized carbons (Fsp3) is 0.409. The van der Waals surface area contributed by atoms with E-state index in [2.05, 4.69) is 10.6 Å². The molecule has 1 amide bonds. The van der Waals surface area contributed by atoms with Gasteiger partial charge in [0.2, 0.25) is 11.9 Å². The molecular weight excluding hydrogens is 397 g/mol. The second-order valence-electron chi connectivity index (χ2n) is 8.40. The van der Waals surface area contributed by atoms with E-state index in [1.54, 1.807) is 48.5 Å². The first-order valence-corrected chi connectivity index (χ1v) is 10.5. The van der Waals surface area contributed by atoms with E-state index >= 15 is 0 Å². The Labute approximate surface area is 182 Å². The van der Waals surface area contributed by atoms with Gasteiger partial charge in [0.25, 0.3) is 0 Å². The smallest absolute Gasteiger partial charge is 0.426 e. The molecule has 2 aromatic rings. The van der Waals surface area contributed by atoms with Gasteiger partial charge in [-0.05, 0) is 23.5 Å². The van der Waals surface area contributed by atoms with Crippen molar-refractivity contribution in [2.75, 3.05) is 0 Å². The highest BCUT2D eigenvalue weighted by molar-refractivity contribution is 6.43. The Morgan fingerprint density at radius 3 is 2.13 bits per heavy atom. The lowest BCUT2D eigenvalue weighted by Crippen LogP contribution is -2.53. The molecule has 9 heteroatoms. The Bertz CT molecular complexity index is 881. The minimum absolute atomic E-state index is 0.122. The van der Waals surface area contributed by atoms with Crippen LogP contribution in [-0.4, -0.2) is 46.0 Å². The van der Waals surface area contributed by atoms with Crippen LogP contribution in [0.5, 0.6) is 0 Å². The first-order valence-electron chi connectivity index (χ1n) is 10.5. The first-order chi connectivity index (χ1) is 14.8. The van der Waals surface area contributed by atoms with Gasteiger partial charge in [-0.1, -0.05) is 74.5 Å². The van der Waals surface area contributed by atoms with Crippen LogP contribution in [0.4, 0.5) is 0 Å². The SMILES string of the molecule is CC(C)CC(NC(=O)C1NC(c2ccccc2)C([N+](=O)[O-])C1c1ccccc1)B(O)O. The van der Waals surface area contributed by atoms with Crippen molar-refractivity contribution >= 4 is 13.0 Å². The van der Waals surface area contributed by atoms with Crippen LogP contribution < -0.4 is 10.6 Å². The summed E-state index contributed by atoms with van der Waals surface area (Å²) in [4.78, 5) is 25.1. The third-order valence-corrected chi connectivity index (χ3v) is 5.71. The molecule has 0 aromatic heterocycles. The number of hydrogen-bond donors (Lipinski definition) is 4. The summed E-state index contributed by atoms with van der Waals surface area (Å²) in [5.74, 6) is -1.96. The fourth-order valence-electron chi connectivity index (χ4n) is 4.35. The van der Waals surface area contributed by atoms with Crippen LogP contribution in [0.1, 0.15) is 43.4 Å². The molecule has 0 radical (unpaired) electrons. The van der Waals surface area contributed by atoms with Crippen molar-refractivity contribution in [1.82, 2.24) is 10.6 Å². The topological polar surface area (TPSA) is 125 Å². The summed E-state index contributed by atoms with van der Waals surface area (Å²) in [5, 5.41) is 37.5. The van der Waals surface area contributed by atoms with E-state index in [-0.39, 0.29) is 10.8 Å². The van der Waals surface area contributed by atoms with Gasteiger partial charge in [0.05, 0.1) is 11.9 Å². The number of nitrogens with zero attached hydrogens (tertiary/aromatic N) is 1. The average molecular weight is 425 g/mol. The van der Waals surface area contributed by atoms with E-state index in [0.717, 1.165) is 5.56 Å². The van der Waals surface area contributed by atoms with Crippen molar-refractivity contribution in [2.45, 2.75) is 50.3 Å². The third-order valence-electron chi connectivity index (χ3n) is 5.71. The number of hydrogen-bond acceptors (Lipinski definition) is 6. The Hall–Kier alpha value is -2.75. The monoisotopic (exact) mass is 425 g/mol. The van der Waals surface area contributed by atoms with E-state index in [9.17, 15) is 25.0 Å². The molecule has 31 heavy (non-hydrogen) atoms. The Kier molecular flexibility index (Phi) is 7.43. The maximum Gasteiger partial charge on any atom is 0.475 e. The standard InChI is InChI=1S/C22H28BN3O5/c1-14(2)13-17(23(28)29)24-22(27)20-18(15-9-5-3-6-10-15)21(26(30)31)19(25-20)16-11-7-4-8-12-16/h3-12,14,17-21,25,28-29H,13H2,1-2H3,(H,24,27). The molecule has 0 aliphatic carbocycles. The highest BCUT2D eigenvalue weighted by atomic mass is 16.6. The van der Waals surface area contributed by atoms with E-state index in [4.69, 9.17) is 0 Å². The first kappa shape index (κ1) is 22.9. The van der Waals surface area contributed by atoms with Crippen LogP contribution in [0.2, 0.25) is 0 Å². The van der Waals surface area contributed by atoms with Crippen LogP contribution >= 0.6 is 0 Å². The van der Waals surface area contributed by atoms with Gasteiger partial charge in [-0.2, -0.15) is 0 Å². The molecule has 4 N–H and O–H groups in total. The van der Waals surface area contributed by atoms with Gasteiger partial charge in [0.1, 0.15) is 12.1 Å². The minimum Gasteiger partial charge on any atom is -0.426 e. The van der Waals surface area contributed by atoms with E-state index in [1.807, 2.05) is 26.0 Å². The molecule has 1 aliphatic heterocycles.